The lowest BCUT2D eigenvalue weighted by Gasteiger charge is -2.09. The van der Waals surface area contributed by atoms with Gasteiger partial charge in [-0.1, -0.05) is 6.07 Å². The molecule has 2 aromatic heterocycles. The largest absolute Gasteiger partial charge is 0.298 e. The van der Waals surface area contributed by atoms with Gasteiger partial charge in [-0.15, -0.1) is 11.3 Å². The highest BCUT2D eigenvalue weighted by Crippen LogP contribution is 2.25. The number of benzene rings is 2. The monoisotopic (exact) mass is 454 g/mol. The molecule has 1 amide bonds. The zero-order valence-electron chi connectivity index (χ0n) is 15.8. The Morgan fingerprint density at radius 2 is 1.84 bits per heavy atom. The molecule has 2 N–H and O–H groups in total. The molecule has 0 aliphatic carbocycles. The third kappa shape index (κ3) is 4.93. The Bertz CT molecular complexity index is 1320. The molecule has 7 nitrogen and oxygen atoms in total. The van der Waals surface area contributed by atoms with Crippen molar-refractivity contribution < 1.29 is 17.6 Å². The van der Waals surface area contributed by atoms with Gasteiger partial charge < -0.3 is 0 Å². The molecular formula is C21H15FN4O3S2. The van der Waals surface area contributed by atoms with Crippen molar-refractivity contribution in [1.29, 1.82) is 0 Å². The van der Waals surface area contributed by atoms with Gasteiger partial charge in [-0.25, -0.2) is 17.8 Å². The van der Waals surface area contributed by atoms with Crippen LogP contribution in [-0.4, -0.2) is 24.3 Å². The Morgan fingerprint density at radius 3 is 2.58 bits per heavy atom. The number of sulfonamides is 1. The second-order valence-corrected chi connectivity index (χ2v) is 8.91. The number of hydrogen-bond acceptors (Lipinski definition) is 6. The van der Waals surface area contributed by atoms with Gasteiger partial charge in [-0.3, -0.25) is 19.8 Å². The summed E-state index contributed by atoms with van der Waals surface area (Å²) in [6.45, 7) is 0. The molecule has 0 saturated heterocycles. The molecule has 0 aliphatic heterocycles. The number of pyridine rings is 1. The van der Waals surface area contributed by atoms with E-state index in [-0.39, 0.29) is 16.1 Å². The number of nitrogens with zero attached hydrogens (tertiary/aromatic N) is 2. The van der Waals surface area contributed by atoms with Crippen LogP contribution in [0.25, 0.3) is 11.3 Å². The number of amides is 1. The van der Waals surface area contributed by atoms with Crippen molar-refractivity contribution in [3.05, 3.63) is 89.8 Å². The molecule has 4 rings (SSSR count). The molecule has 0 bridgehead atoms. The lowest BCUT2D eigenvalue weighted by Crippen LogP contribution is -2.15. The van der Waals surface area contributed by atoms with Gasteiger partial charge in [0.15, 0.2) is 5.13 Å². The normalized spacial score (nSPS) is 11.1. The summed E-state index contributed by atoms with van der Waals surface area (Å²) in [7, 11) is -3.92. The lowest BCUT2D eigenvalue weighted by molar-refractivity contribution is 0.102. The summed E-state index contributed by atoms with van der Waals surface area (Å²) >= 11 is 1.27. The second-order valence-electron chi connectivity index (χ2n) is 6.37. The van der Waals surface area contributed by atoms with Crippen molar-refractivity contribution in [1.82, 2.24) is 9.97 Å². The average Bonchev–Trinajstić information content (AvgIpc) is 3.23. The first kappa shape index (κ1) is 20.6. The average molecular weight is 455 g/mol. The first-order chi connectivity index (χ1) is 14.9. The maximum atomic E-state index is 13.1. The molecule has 0 spiro atoms. The Kier molecular flexibility index (Phi) is 5.74. The van der Waals surface area contributed by atoms with E-state index in [0.717, 1.165) is 29.8 Å². The van der Waals surface area contributed by atoms with Crippen LogP contribution < -0.4 is 10.0 Å². The first-order valence-corrected chi connectivity index (χ1v) is 11.3. The van der Waals surface area contributed by atoms with Gasteiger partial charge in [0.2, 0.25) is 0 Å². The number of aromatic nitrogens is 2. The summed E-state index contributed by atoms with van der Waals surface area (Å²) in [5.74, 6) is -0.971. The molecule has 0 saturated carbocycles. The maximum Gasteiger partial charge on any atom is 0.261 e. The summed E-state index contributed by atoms with van der Waals surface area (Å²) in [6, 6.07) is 14.1. The Labute approximate surface area is 181 Å². The number of anilines is 2. The standard InChI is InChI=1S/C21H15FN4O3S2/c22-16-6-8-18(9-7-16)31(28,29)26-17-5-1-3-14(11-17)20(27)25-21-24-19(13-30-21)15-4-2-10-23-12-15/h1-13,26H,(H,24,25,27). The fraction of sp³-hybridized carbons (Fsp3) is 0. The van der Waals surface area contributed by atoms with Crippen molar-refractivity contribution in [3.63, 3.8) is 0 Å². The first-order valence-electron chi connectivity index (χ1n) is 8.96. The van der Waals surface area contributed by atoms with Gasteiger partial charge >= 0.3 is 0 Å². The summed E-state index contributed by atoms with van der Waals surface area (Å²) in [4.78, 5) is 20.9. The van der Waals surface area contributed by atoms with E-state index in [9.17, 15) is 17.6 Å². The van der Waals surface area contributed by atoms with Gasteiger partial charge in [-0.05, 0) is 54.6 Å². The zero-order chi connectivity index (χ0) is 21.8. The molecular weight excluding hydrogens is 439 g/mol. The van der Waals surface area contributed by atoms with E-state index in [4.69, 9.17) is 0 Å². The van der Waals surface area contributed by atoms with Gasteiger partial charge in [-0.2, -0.15) is 0 Å². The van der Waals surface area contributed by atoms with Crippen molar-refractivity contribution in [2.45, 2.75) is 4.90 Å². The van der Waals surface area contributed by atoms with Gasteiger partial charge in [0.25, 0.3) is 15.9 Å². The lowest BCUT2D eigenvalue weighted by atomic mass is 10.2. The molecule has 0 atom stereocenters. The van der Waals surface area contributed by atoms with Crippen LogP contribution in [0, 0.1) is 5.82 Å². The minimum Gasteiger partial charge on any atom is -0.298 e. The van der Waals surface area contributed by atoms with Crippen molar-refractivity contribution in [2.75, 3.05) is 10.0 Å². The Morgan fingerprint density at radius 1 is 1.03 bits per heavy atom. The number of thiazole rings is 1. The highest BCUT2D eigenvalue weighted by Gasteiger charge is 2.16. The molecule has 10 heteroatoms. The predicted molar refractivity (Wildman–Crippen MR) is 117 cm³/mol. The Balaban J connectivity index is 1.48. The minimum absolute atomic E-state index is 0.0885. The van der Waals surface area contributed by atoms with E-state index in [0.29, 0.717) is 10.8 Å². The molecule has 2 heterocycles. The van der Waals surface area contributed by atoms with Crippen LogP contribution in [0.5, 0.6) is 0 Å². The zero-order valence-corrected chi connectivity index (χ0v) is 17.5. The molecule has 0 unspecified atom stereocenters. The number of hydrogen-bond donors (Lipinski definition) is 2. The van der Waals surface area contributed by atoms with E-state index in [1.165, 1.54) is 23.5 Å². The second kappa shape index (κ2) is 8.62. The molecule has 0 fully saturated rings. The highest BCUT2D eigenvalue weighted by molar-refractivity contribution is 7.92. The number of carbonyl (C=O) groups excluding carboxylic acids is 1. The number of halogens is 1. The smallest absolute Gasteiger partial charge is 0.261 e. The molecule has 0 aliphatic rings. The third-order valence-electron chi connectivity index (χ3n) is 4.18. The van der Waals surface area contributed by atoms with Crippen LogP contribution in [0.15, 0.2) is 83.3 Å². The van der Waals surface area contributed by atoms with Gasteiger partial charge in [0.1, 0.15) is 5.82 Å². The fourth-order valence-electron chi connectivity index (χ4n) is 2.70. The van der Waals surface area contributed by atoms with Crippen LogP contribution >= 0.6 is 11.3 Å². The highest BCUT2D eigenvalue weighted by atomic mass is 32.2. The molecule has 31 heavy (non-hydrogen) atoms. The third-order valence-corrected chi connectivity index (χ3v) is 6.34. The summed E-state index contributed by atoms with van der Waals surface area (Å²) in [5.41, 5.74) is 1.97. The molecule has 156 valence electrons. The topological polar surface area (TPSA) is 101 Å². The van der Waals surface area contributed by atoms with Crippen molar-refractivity contribution >= 4 is 38.1 Å². The van der Waals surface area contributed by atoms with E-state index in [2.05, 4.69) is 20.0 Å². The molecule has 2 aromatic carbocycles. The predicted octanol–water partition coefficient (Wildman–Crippen LogP) is 4.40. The summed E-state index contributed by atoms with van der Waals surface area (Å²) < 4.78 is 40.4. The van der Waals surface area contributed by atoms with Gasteiger partial charge in [0.05, 0.1) is 10.6 Å². The van der Waals surface area contributed by atoms with Crippen molar-refractivity contribution in [3.8, 4) is 11.3 Å². The number of rotatable bonds is 6. The van der Waals surface area contributed by atoms with Crippen LogP contribution in [0.3, 0.4) is 0 Å². The Hall–Kier alpha value is -3.63. The van der Waals surface area contributed by atoms with E-state index in [1.54, 1.807) is 36.0 Å². The quantitative estimate of drug-likeness (QED) is 0.450. The van der Waals surface area contributed by atoms with Gasteiger partial charge in [0, 0.05) is 34.6 Å². The summed E-state index contributed by atoms with van der Waals surface area (Å²) in [5, 5.41) is 4.91. The number of carbonyl (C=O) groups is 1. The van der Waals surface area contributed by atoms with Crippen LogP contribution in [0.1, 0.15) is 10.4 Å². The van der Waals surface area contributed by atoms with E-state index < -0.39 is 21.7 Å². The minimum atomic E-state index is -3.92. The number of nitrogens with one attached hydrogen (secondary N) is 2. The fourth-order valence-corrected chi connectivity index (χ4v) is 4.46. The van der Waals surface area contributed by atoms with Crippen LogP contribution in [0.4, 0.5) is 15.2 Å². The van der Waals surface area contributed by atoms with Crippen LogP contribution in [0.2, 0.25) is 0 Å². The maximum absolute atomic E-state index is 13.1. The van der Waals surface area contributed by atoms with E-state index >= 15 is 0 Å². The molecule has 0 radical (unpaired) electrons. The summed E-state index contributed by atoms with van der Waals surface area (Å²) in [6.07, 6.45) is 3.34. The van der Waals surface area contributed by atoms with Crippen LogP contribution in [-0.2, 0) is 10.0 Å². The SMILES string of the molecule is O=C(Nc1nc(-c2cccnc2)cs1)c1cccc(NS(=O)(=O)c2ccc(F)cc2)c1. The van der Waals surface area contributed by atoms with E-state index in [1.807, 2.05) is 6.07 Å². The molecule has 4 aromatic rings. The van der Waals surface area contributed by atoms with Crippen molar-refractivity contribution in [2.24, 2.45) is 0 Å².